The second kappa shape index (κ2) is 8.52. The Morgan fingerprint density at radius 1 is 1.22 bits per heavy atom. The summed E-state index contributed by atoms with van der Waals surface area (Å²) in [6.45, 7) is 0. The maximum Gasteiger partial charge on any atom is 0.312 e. The molecule has 1 fully saturated rings. The van der Waals surface area contributed by atoms with Crippen LogP contribution in [0.25, 0.3) is 0 Å². The molecule has 7 nitrogen and oxygen atoms in total. The number of rotatable bonds is 5. The Morgan fingerprint density at radius 2 is 1.96 bits per heavy atom. The van der Waals surface area contributed by atoms with Crippen molar-refractivity contribution in [3.05, 3.63) is 22.4 Å². The number of carbonyl (C=O) groups is 3. The van der Waals surface area contributed by atoms with Crippen molar-refractivity contribution in [2.75, 3.05) is 0 Å². The minimum Gasteiger partial charge on any atom is -0.352 e. The standard InChI is InChI=1S/C15H22N4O3S/c16-15(22)17-11(12-7-4-8-23-12)9-13(20)18-19-14(21)10-5-2-1-3-6-10/h4,7-8,10-11H,1-3,5-6,9H2,(H,18,20)(H,19,21)(H3,16,17,22)/t11-/m1/s1. The summed E-state index contributed by atoms with van der Waals surface area (Å²) in [4.78, 5) is 35.9. The lowest BCUT2D eigenvalue weighted by atomic mass is 9.89. The Kier molecular flexibility index (Phi) is 6.40. The lowest BCUT2D eigenvalue weighted by Crippen LogP contribution is -2.46. The molecular formula is C15H22N4O3S. The molecule has 2 rings (SSSR count). The zero-order valence-corrected chi connectivity index (χ0v) is 13.7. The van der Waals surface area contributed by atoms with Crippen LogP contribution >= 0.6 is 11.3 Å². The van der Waals surface area contributed by atoms with E-state index in [9.17, 15) is 14.4 Å². The van der Waals surface area contributed by atoms with Gasteiger partial charge in [0.1, 0.15) is 0 Å². The molecule has 1 saturated carbocycles. The second-order valence-electron chi connectivity index (χ2n) is 5.65. The van der Waals surface area contributed by atoms with Crippen LogP contribution in [0.15, 0.2) is 17.5 Å². The predicted octanol–water partition coefficient (Wildman–Crippen LogP) is 1.58. The van der Waals surface area contributed by atoms with Crippen LogP contribution in [-0.2, 0) is 9.59 Å². The molecule has 1 heterocycles. The molecule has 1 aromatic rings. The molecule has 5 N–H and O–H groups in total. The monoisotopic (exact) mass is 338 g/mol. The van der Waals surface area contributed by atoms with Gasteiger partial charge in [0, 0.05) is 10.8 Å². The first-order valence-corrected chi connectivity index (χ1v) is 8.62. The molecule has 0 bridgehead atoms. The maximum atomic E-state index is 12.0. The predicted molar refractivity (Wildman–Crippen MR) is 87.3 cm³/mol. The molecule has 0 saturated heterocycles. The molecule has 1 aromatic heterocycles. The van der Waals surface area contributed by atoms with E-state index in [0.717, 1.165) is 37.0 Å². The fourth-order valence-corrected chi connectivity index (χ4v) is 3.50. The minimum absolute atomic E-state index is 0.00833. The highest BCUT2D eigenvalue weighted by atomic mass is 32.1. The smallest absolute Gasteiger partial charge is 0.312 e. The SMILES string of the molecule is NC(=O)N[C@H](CC(=O)NNC(=O)C1CCCCC1)c1cccs1. The Balaban J connectivity index is 1.81. The van der Waals surface area contributed by atoms with Crippen LogP contribution < -0.4 is 21.9 Å². The van der Waals surface area contributed by atoms with Gasteiger partial charge in [0.05, 0.1) is 12.5 Å². The number of hydrazine groups is 1. The van der Waals surface area contributed by atoms with Crippen LogP contribution in [0.3, 0.4) is 0 Å². The van der Waals surface area contributed by atoms with Crippen LogP contribution in [0.1, 0.15) is 49.4 Å². The van der Waals surface area contributed by atoms with Gasteiger partial charge in [-0.2, -0.15) is 0 Å². The number of carbonyl (C=O) groups excluding carboxylic acids is 3. The maximum absolute atomic E-state index is 12.0. The van der Waals surface area contributed by atoms with Gasteiger partial charge in [-0.1, -0.05) is 25.3 Å². The van der Waals surface area contributed by atoms with Gasteiger partial charge in [-0.05, 0) is 24.3 Å². The average Bonchev–Trinajstić information content (AvgIpc) is 3.07. The van der Waals surface area contributed by atoms with Gasteiger partial charge in [-0.25, -0.2) is 4.79 Å². The van der Waals surface area contributed by atoms with Crippen molar-refractivity contribution in [2.24, 2.45) is 11.7 Å². The first kappa shape index (κ1) is 17.3. The molecule has 4 amide bonds. The number of hydrogen-bond acceptors (Lipinski definition) is 4. The summed E-state index contributed by atoms with van der Waals surface area (Å²) in [7, 11) is 0. The average molecular weight is 338 g/mol. The first-order valence-electron chi connectivity index (χ1n) is 7.74. The fourth-order valence-electron chi connectivity index (χ4n) is 2.72. The van der Waals surface area contributed by atoms with Gasteiger partial charge >= 0.3 is 6.03 Å². The number of amides is 4. The van der Waals surface area contributed by atoms with Crippen LogP contribution in [0.2, 0.25) is 0 Å². The minimum atomic E-state index is -0.692. The van der Waals surface area contributed by atoms with Crippen LogP contribution in [0.4, 0.5) is 4.79 Å². The molecular weight excluding hydrogens is 316 g/mol. The summed E-state index contributed by atoms with van der Waals surface area (Å²) >= 11 is 1.42. The summed E-state index contributed by atoms with van der Waals surface area (Å²) in [5, 5.41) is 4.39. The van der Waals surface area contributed by atoms with E-state index in [0.29, 0.717) is 0 Å². The number of hydrogen-bond donors (Lipinski definition) is 4. The van der Waals surface area contributed by atoms with Crippen LogP contribution in [-0.4, -0.2) is 17.8 Å². The molecule has 1 aliphatic carbocycles. The summed E-state index contributed by atoms with van der Waals surface area (Å²) in [6, 6.07) is 2.46. The van der Waals surface area contributed by atoms with E-state index in [1.165, 1.54) is 11.3 Å². The van der Waals surface area contributed by atoms with Crippen LogP contribution in [0, 0.1) is 5.92 Å². The molecule has 0 aliphatic heterocycles. The molecule has 8 heteroatoms. The van der Waals surface area contributed by atoms with Crippen LogP contribution in [0.5, 0.6) is 0 Å². The van der Waals surface area contributed by atoms with Gasteiger partial charge in [-0.15, -0.1) is 11.3 Å². The third-order valence-electron chi connectivity index (χ3n) is 3.89. The lowest BCUT2D eigenvalue weighted by molar-refractivity contribution is -0.132. The van der Waals surface area contributed by atoms with Crippen molar-refractivity contribution in [1.29, 1.82) is 0 Å². The van der Waals surface area contributed by atoms with Crippen molar-refractivity contribution in [3.8, 4) is 0 Å². The normalized spacial score (nSPS) is 16.3. The zero-order chi connectivity index (χ0) is 16.7. The van der Waals surface area contributed by atoms with Crippen molar-refractivity contribution >= 4 is 29.2 Å². The Bertz CT molecular complexity index is 541. The van der Waals surface area contributed by atoms with E-state index >= 15 is 0 Å². The van der Waals surface area contributed by atoms with Crippen molar-refractivity contribution < 1.29 is 14.4 Å². The van der Waals surface area contributed by atoms with Crippen molar-refractivity contribution in [1.82, 2.24) is 16.2 Å². The van der Waals surface area contributed by atoms with E-state index < -0.39 is 12.1 Å². The van der Waals surface area contributed by atoms with Crippen molar-refractivity contribution in [3.63, 3.8) is 0 Å². The molecule has 1 aliphatic rings. The second-order valence-corrected chi connectivity index (χ2v) is 6.63. The summed E-state index contributed by atoms with van der Waals surface area (Å²) in [5.74, 6) is -0.546. The van der Waals surface area contributed by atoms with E-state index in [4.69, 9.17) is 5.73 Å². The first-order chi connectivity index (χ1) is 11.1. The third-order valence-corrected chi connectivity index (χ3v) is 4.88. The van der Waals surface area contributed by atoms with E-state index in [1.54, 1.807) is 0 Å². The highest BCUT2D eigenvalue weighted by Crippen LogP contribution is 2.24. The van der Waals surface area contributed by atoms with Gasteiger partial charge in [0.25, 0.3) is 0 Å². The number of thiophene rings is 1. The topological polar surface area (TPSA) is 113 Å². The number of primary amides is 1. The van der Waals surface area contributed by atoms with E-state index in [1.807, 2.05) is 17.5 Å². The van der Waals surface area contributed by atoms with Crippen molar-refractivity contribution in [2.45, 2.75) is 44.6 Å². The Morgan fingerprint density at radius 3 is 2.57 bits per heavy atom. The quantitative estimate of drug-likeness (QED) is 0.611. The largest absolute Gasteiger partial charge is 0.352 e. The fraction of sp³-hybridized carbons (Fsp3) is 0.533. The summed E-state index contributed by atoms with van der Waals surface area (Å²) < 4.78 is 0. The van der Waals surface area contributed by atoms with E-state index in [2.05, 4.69) is 16.2 Å². The number of urea groups is 1. The number of nitrogens with one attached hydrogen (secondary N) is 3. The molecule has 126 valence electrons. The molecule has 0 radical (unpaired) electrons. The third kappa shape index (κ3) is 5.55. The highest BCUT2D eigenvalue weighted by molar-refractivity contribution is 7.10. The Labute approximate surface area is 139 Å². The highest BCUT2D eigenvalue weighted by Gasteiger charge is 2.22. The lowest BCUT2D eigenvalue weighted by Gasteiger charge is -2.21. The Hall–Kier alpha value is -2.09. The van der Waals surface area contributed by atoms with Gasteiger partial charge < -0.3 is 11.1 Å². The summed E-state index contributed by atoms with van der Waals surface area (Å²) in [6.07, 6.45) is 5.00. The van der Waals surface area contributed by atoms with Gasteiger partial charge in [-0.3, -0.25) is 20.4 Å². The molecule has 0 unspecified atom stereocenters. The number of nitrogens with two attached hydrogens (primary N) is 1. The van der Waals surface area contributed by atoms with E-state index in [-0.39, 0.29) is 24.2 Å². The van der Waals surface area contributed by atoms with Gasteiger partial charge in [0.15, 0.2) is 0 Å². The summed E-state index contributed by atoms with van der Waals surface area (Å²) in [5.41, 5.74) is 10.0. The molecule has 0 spiro atoms. The molecule has 0 aromatic carbocycles. The molecule has 23 heavy (non-hydrogen) atoms. The molecule has 1 atom stereocenters. The van der Waals surface area contributed by atoms with Gasteiger partial charge in [0.2, 0.25) is 11.8 Å². The zero-order valence-electron chi connectivity index (χ0n) is 12.8.